The van der Waals surface area contributed by atoms with Gasteiger partial charge in [-0.15, -0.1) is 25.3 Å². The third-order valence-electron chi connectivity index (χ3n) is 0.684. The molecule has 0 aromatic rings. The highest BCUT2D eigenvalue weighted by molar-refractivity contribution is 8.05. The van der Waals surface area contributed by atoms with Crippen LogP contribution in [-0.4, -0.2) is 17.0 Å². The maximum atomic E-state index is 10.3. The van der Waals surface area contributed by atoms with E-state index in [0.29, 0.717) is 0 Å². The minimum atomic E-state index is -1.42. The first-order chi connectivity index (χ1) is 4.46. The van der Waals surface area contributed by atoms with Crippen LogP contribution in [-0.2, 0) is 9.59 Å². The van der Waals surface area contributed by atoms with Crippen molar-refractivity contribution in [3.05, 3.63) is 9.81 Å². The Hall–Kier alpha value is -0.620. The van der Waals surface area contributed by atoms with Gasteiger partial charge in [-0.05, 0) is 0 Å². The van der Waals surface area contributed by atoms with Gasteiger partial charge in [0.25, 0.3) is 5.91 Å². The monoisotopic (exact) mass is 179 g/mol. The molecule has 0 aliphatic heterocycles. The maximum Gasteiger partial charge on any atom is 0.343 e. The topological polar surface area (TPSA) is 80.4 Å². The van der Waals surface area contributed by atoms with E-state index in [4.69, 9.17) is 5.11 Å². The largest absolute Gasteiger partial charge is 0.477 e. The highest BCUT2D eigenvalue weighted by Crippen LogP contribution is 2.12. The number of amides is 1. The first kappa shape index (κ1) is 9.38. The predicted molar refractivity (Wildman–Crippen MR) is 41.8 cm³/mol. The summed E-state index contributed by atoms with van der Waals surface area (Å²) < 4.78 is -0.194. The second-order valence-corrected chi connectivity index (χ2v) is 2.62. The Balaban J connectivity index is 4.79. The number of carbonyl (C=O) groups excluding carboxylic acids is 1. The fraction of sp³-hybridized carbons (Fsp3) is 0. The van der Waals surface area contributed by atoms with Crippen LogP contribution >= 0.6 is 25.3 Å². The molecule has 0 bridgehead atoms. The molecule has 0 saturated heterocycles. The van der Waals surface area contributed by atoms with E-state index in [9.17, 15) is 9.59 Å². The molecule has 1 amide bonds. The highest BCUT2D eigenvalue weighted by Gasteiger charge is 2.15. The van der Waals surface area contributed by atoms with Gasteiger partial charge in [-0.1, -0.05) is 0 Å². The third-order valence-corrected chi connectivity index (χ3v) is 1.13. The van der Waals surface area contributed by atoms with E-state index in [2.05, 4.69) is 31.0 Å². The lowest BCUT2D eigenvalue weighted by molar-refractivity contribution is -0.134. The van der Waals surface area contributed by atoms with Gasteiger partial charge in [-0.3, -0.25) is 4.79 Å². The average Bonchev–Trinajstić information content (AvgIpc) is 1.59. The third kappa shape index (κ3) is 2.32. The number of primary amides is 1. The highest BCUT2D eigenvalue weighted by atomic mass is 32.2. The Labute approximate surface area is 67.9 Å². The van der Waals surface area contributed by atoms with Crippen LogP contribution < -0.4 is 5.73 Å². The zero-order chi connectivity index (χ0) is 8.31. The Morgan fingerprint density at radius 2 is 1.70 bits per heavy atom. The van der Waals surface area contributed by atoms with Crippen molar-refractivity contribution < 1.29 is 14.7 Å². The zero-order valence-electron chi connectivity index (χ0n) is 4.74. The molecule has 0 aliphatic carbocycles. The van der Waals surface area contributed by atoms with Crippen LogP contribution in [0, 0.1) is 0 Å². The summed E-state index contributed by atoms with van der Waals surface area (Å²) in [5, 5.41) is 8.26. The summed E-state index contributed by atoms with van der Waals surface area (Å²) in [4.78, 5) is 20.4. The van der Waals surface area contributed by atoms with Gasteiger partial charge in [-0.25, -0.2) is 4.79 Å². The molecule has 0 saturated carbocycles. The average molecular weight is 179 g/mol. The molecule has 4 nitrogen and oxygen atoms in total. The van der Waals surface area contributed by atoms with E-state index < -0.39 is 17.4 Å². The Morgan fingerprint density at radius 3 is 1.70 bits per heavy atom. The Kier molecular flexibility index (Phi) is 3.31. The van der Waals surface area contributed by atoms with Gasteiger partial charge in [0, 0.05) is 0 Å². The van der Waals surface area contributed by atoms with Crippen molar-refractivity contribution in [1.29, 1.82) is 0 Å². The molecule has 10 heavy (non-hydrogen) atoms. The van der Waals surface area contributed by atoms with Gasteiger partial charge in [0.2, 0.25) is 0 Å². The summed E-state index contributed by atoms with van der Waals surface area (Å²) in [6, 6.07) is 0. The van der Waals surface area contributed by atoms with Crippen LogP contribution in [0.15, 0.2) is 9.81 Å². The van der Waals surface area contributed by atoms with E-state index >= 15 is 0 Å². The van der Waals surface area contributed by atoms with E-state index in [-0.39, 0.29) is 4.24 Å². The lowest BCUT2D eigenvalue weighted by Gasteiger charge is -1.95. The van der Waals surface area contributed by atoms with E-state index in [1.165, 1.54) is 0 Å². The molecule has 0 atom stereocenters. The molecule has 6 heteroatoms. The molecule has 0 fully saturated rings. The summed E-state index contributed by atoms with van der Waals surface area (Å²) in [7, 11) is 0. The summed E-state index contributed by atoms with van der Waals surface area (Å²) in [5.74, 6) is -2.47. The first-order valence-corrected chi connectivity index (χ1v) is 3.01. The summed E-state index contributed by atoms with van der Waals surface area (Å²) in [6.07, 6.45) is 0. The molecule has 0 radical (unpaired) electrons. The maximum absolute atomic E-state index is 10.3. The smallest absolute Gasteiger partial charge is 0.343 e. The summed E-state index contributed by atoms with van der Waals surface area (Å²) in [5.41, 5.74) is 4.06. The molecule has 0 aliphatic rings. The molecule has 0 aromatic carbocycles. The lowest BCUT2D eigenvalue weighted by Crippen LogP contribution is -2.20. The van der Waals surface area contributed by atoms with Crippen molar-refractivity contribution in [1.82, 2.24) is 0 Å². The van der Waals surface area contributed by atoms with E-state index in [0.717, 1.165) is 0 Å². The molecule has 0 spiro atoms. The summed E-state index contributed by atoms with van der Waals surface area (Å²) in [6.45, 7) is 0. The molecular weight excluding hydrogens is 174 g/mol. The van der Waals surface area contributed by atoms with Crippen molar-refractivity contribution in [3.8, 4) is 0 Å². The number of carboxylic acids is 1. The standard InChI is InChI=1S/C4H5NO3S2/c5-2(6)1(3(7)8)4(9)10/h9-10H,(H2,5,6)(H,7,8). The van der Waals surface area contributed by atoms with Crippen LogP contribution in [0.4, 0.5) is 0 Å². The van der Waals surface area contributed by atoms with Crippen LogP contribution in [0.1, 0.15) is 0 Å². The molecule has 0 heterocycles. The van der Waals surface area contributed by atoms with Crippen molar-refractivity contribution in [2.75, 3.05) is 0 Å². The number of thiol groups is 2. The number of nitrogens with two attached hydrogens (primary N) is 1. The molecule has 0 rings (SSSR count). The van der Waals surface area contributed by atoms with Crippen molar-refractivity contribution in [2.45, 2.75) is 0 Å². The molecule has 3 N–H and O–H groups in total. The predicted octanol–water partition coefficient (Wildman–Crippen LogP) is -0.372. The molecular formula is C4H5NO3S2. The van der Waals surface area contributed by atoms with Gasteiger partial charge in [0.1, 0.15) is 5.57 Å². The minimum Gasteiger partial charge on any atom is -0.477 e. The number of rotatable bonds is 2. The number of hydrogen-bond acceptors (Lipinski definition) is 4. The molecule has 56 valence electrons. The lowest BCUT2D eigenvalue weighted by atomic mass is 10.3. The van der Waals surface area contributed by atoms with Crippen molar-refractivity contribution in [2.24, 2.45) is 5.73 Å². The summed E-state index contributed by atoms with van der Waals surface area (Å²) >= 11 is 7.07. The van der Waals surface area contributed by atoms with E-state index in [1.807, 2.05) is 0 Å². The Bertz CT molecular complexity index is 191. The van der Waals surface area contributed by atoms with Gasteiger partial charge in [0.05, 0.1) is 4.24 Å². The second-order valence-electron chi connectivity index (χ2n) is 1.37. The SMILES string of the molecule is NC(=O)C(C(=O)O)=C(S)S. The van der Waals surface area contributed by atoms with Crippen molar-refractivity contribution in [3.63, 3.8) is 0 Å². The fourth-order valence-corrected chi connectivity index (χ4v) is 0.723. The van der Waals surface area contributed by atoms with Crippen LogP contribution in [0.2, 0.25) is 0 Å². The zero-order valence-corrected chi connectivity index (χ0v) is 6.52. The van der Waals surface area contributed by atoms with Crippen LogP contribution in [0.25, 0.3) is 0 Å². The van der Waals surface area contributed by atoms with Gasteiger partial charge < -0.3 is 10.8 Å². The Morgan fingerprint density at radius 1 is 1.30 bits per heavy atom. The number of carbonyl (C=O) groups is 2. The van der Waals surface area contributed by atoms with Gasteiger partial charge in [0.15, 0.2) is 0 Å². The van der Waals surface area contributed by atoms with Crippen LogP contribution in [0.3, 0.4) is 0 Å². The first-order valence-electron chi connectivity index (χ1n) is 2.12. The number of carboxylic acid groups (broad SMARTS) is 1. The minimum absolute atomic E-state index is 0.194. The van der Waals surface area contributed by atoms with Crippen molar-refractivity contribution >= 4 is 37.1 Å². The fourth-order valence-electron chi connectivity index (χ4n) is 0.311. The van der Waals surface area contributed by atoms with Gasteiger partial charge in [-0.2, -0.15) is 0 Å². The quantitative estimate of drug-likeness (QED) is 0.202. The number of hydrogen-bond donors (Lipinski definition) is 4. The molecule has 0 aromatic heterocycles. The van der Waals surface area contributed by atoms with E-state index in [1.54, 1.807) is 0 Å². The van der Waals surface area contributed by atoms with Gasteiger partial charge >= 0.3 is 5.97 Å². The van der Waals surface area contributed by atoms with Crippen LogP contribution in [0.5, 0.6) is 0 Å². The second kappa shape index (κ2) is 3.52. The molecule has 0 unspecified atom stereocenters. The number of aliphatic carboxylic acids is 1. The normalized spacial score (nSPS) is 8.60.